The van der Waals surface area contributed by atoms with Crippen LogP contribution >= 0.6 is 0 Å². The van der Waals surface area contributed by atoms with Crippen molar-refractivity contribution in [3.8, 4) is 0 Å². The Kier molecular flexibility index (Phi) is 1.29. The van der Waals surface area contributed by atoms with Crippen molar-refractivity contribution < 1.29 is 0 Å². The Morgan fingerprint density at radius 2 is 1.71 bits per heavy atom. The summed E-state index contributed by atoms with van der Waals surface area (Å²) < 4.78 is 0. The Hall–Kier alpha value is -1.50. The highest BCUT2D eigenvalue weighted by Gasteiger charge is 2.29. The lowest BCUT2D eigenvalue weighted by molar-refractivity contribution is 0.629. The summed E-state index contributed by atoms with van der Waals surface area (Å²) in [5, 5.41) is 6.27. The van der Waals surface area contributed by atoms with Gasteiger partial charge in [0.25, 0.3) is 0 Å². The van der Waals surface area contributed by atoms with Crippen LogP contribution in [0.5, 0.6) is 0 Å². The fourth-order valence-electron chi connectivity index (χ4n) is 2.37. The maximum Gasteiger partial charge on any atom is 0.0576 e. The van der Waals surface area contributed by atoms with E-state index in [0.717, 1.165) is 0 Å². The van der Waals surface area contributed by atoms with Crippen LogP contribution in [0.15, 0.2) is 36.4 Å². The molecule has 70 valence electrons. The Balaban J connectivity index is 2.50. The highest BCUT2D eigenvalue weighted by molar-refractivity contribution is 6.00. The first kappa shape index (κ1) is 7.86. The largest absolute Gasteiger partial charge is 0.376 e. The standard InChI is InChI=1S/C13H13N/c1-13(2)10-7-3-5-9-6-4-8-11(14-13)12(9)10/h3-8,14H,1-2H3. The van der Waals surface area contributed by atoms with Gasteiger partial charge < -0.3 is 5.32 Å². The molecule has 0 aliphatic carbocycles. The van der Waals surface area contributed by atoms with Gasteiger partial charge >= 0.3 is 0 Å². The van der Waals surface area contributed by atoms with Gasteiger partial charge in [0.15, 0.2) is 0 Å². The van der Waals surface area contributed by atoms with E-state index in [2.05, 4.69) is 55.6 Å². The van der Waals surface area contributed by atoms with Gasteiger partial charge in [0.05, 0.1) is 5.54 Å². The van der Waals surface area contributed by atoms with Gasteiger partial charge in [-0.1, -0.05) is 30.3 Å². The number of hydrogen-bond acceptors (Lipinski definition) is 1. The summed E-state index contributed by atoms with van der Waals surface area (Å²) in [5.41, 5.74) is 2.75. The topological polar surface area (TPSA) is 12.0 Å². The first-order valence-electron chi connectivity index (χ1n) is 4.99. The third-order valence-corrected chi connectivity index (χ3v) is 3.03. The third-order valence-electron chi connectivity index (χ3n) is 3.03. The zero-order chi connectivity index (χ0) is 9.76. The van der Waals surface area contributed by atoms with Gasteiger partial charge in [0.2, 0.25) is 0 Å². The molecule has 1 aliphatic heterocycles. The highest BCUT2D eigenvalue weighted by atomic mass is 15.0. The van der Waals surface area contributed by atoms with E-state index in [1.54, 1.807) is 0 Å². The fraction of sp³-hybridized carbons (Fsp3) is 0.231. The van der Waals surface area contributed by atoms with Crippen LogP contribution < -0.4 is 5.32 Å². The van der Waals surface area contributed by atoms with Crippen molar-refractivity contribution in [3.63, 3.8) is 0 Å². The quantitative estimate of drug-likeness (QED) is 0.659. The van der Waals surface area contributed by atoms with Crippen molar-refractivity contribution in [1.29, 1.82) is 0 Å². The average Bonchev–Trinajstić information content (AvgIpc) is 2.41. The molecule has 0 amide bonds. The normalized spacial score (nSPS) is 17.0. The zero-order valence-corrected chi connectivity index (χ0v) is 8.46. The molecule has 0 saturated heterocycles. The van der Waals surface area contributed by atoms with Gasteiger partial charge in [0.1, 0.15) is 0 Å². The molecule has 0 spiro atoms. The van der Waals surface area contributed by atoms with Gasteiger partial charge in [-0.3, -0.25) is 0 Å². The SMILES string of the molecule is CC1(C)Nc2cccc3cccc1c23. The van der Waals surface area contributed by atoms with E-state index in [0.29, 0.717) is 0 Å². The van der Waals surface area contributed by atoms with Crippen molar-refractivity contribution in [2.45, 2.75) is 19.4 Å². The molecule has 0 aromatic heterocycles. The van der Waals surface area contributed by atoms with Crippen molar-refractivity contribution in [1.82, 2.24) is 0 Å². The number of anilines is 1. The van der Waals surface area contributed by atoms with E-state index in [1.165, 1.54) is 22.0 Å². The van der Waals surface area contributed by atoms with Crippen LogP contribution in [-0.2, 0) is 5.54 Å². The van der Waals surface area contributed by atoms with E-state index in [4.69, 9.17) is 0 Å². The molecule has 0 unspecified atom stereocenters. The molecule has 0 radical (unpaired) electrons. The summed E-state index contributed by atoms with van der Waals surface area (Å²) in [6.07, 6.45) is 0. The van der Waals surface area contributed by atoms with Crippen molar-refractivity contribution in [2.75, 3.05) is 5.32 Å². The third kappa shape index (κ3) is 0.844. The monoisotopic (exact) mass is 183 g/mol. The van der Waals surface area contributed by atoms with Crippen LogP contribution in [0.4, 0.5) is 5.69 Å². The predicted octanol–water partition coefficient (Wildman–Crippen LogP) is 3.50. The minimum absolute atomic E-state index is 0.0726. The molecule has 1 heterocycles. The minimum Gasteiger partial charge on any atom is -0.376 e. The molecule has 0 bridgehead atoms. The molecule has 0 saturated carbocycles. The molecule has 1 aliphatic rings. The maximum absolute atomic E-state index is 3.55. The van der Waals surface area contributed by atoms with Gasteiger partial charge in [-0.15, -0.1) is 0 Å². The smallest absolute Gasteiger partial charge is 0.0576 e. The predicted molar refractivity (Wildman–Crippen MR) is 60.6 cm³/mol. The molecule has 2 aromatic carbocycles. The van der Waals surface area contributed by atoms with Gasteiger partial charge in [0, 0.05) is 11.1 Å². The molecule has 14 heavy (non-hydrogen) atoms. The molecular formula is C13H13N. The lowest BCUT2D eigenvalue weighted by Gasteiger charge is -2.20. The average molecular weight is 183 g/mol. The second-order valence-corrected chi connectivity index (χ2v) is 4.46. The summed E-state index contributed by atoms with van der Waals surface area (Å²) in [4.78, 5) is 0. The van der Waals surface area contributed by atoms with Crippen LogP contribution in [0.2, 0.25) is 0 Å². The van der Waals surface area contributed by atoms with Crippen LogP contribution in [-0.4, -0.2) is 0 Å². The first-order chi connectivity index (χ1) is 6.68. The minimum atomic E-state index is 0.0726. The molecule has 3 rings (SSSR count). The van der Waals surface area contributed by atoms with E-state index < -0.39 is 0 Å². The lowest BCUT2D eigenvalue weighted by atomic mass is 9.94. The van der Waals surface area contributed by atoms with Crippen LogP contribution in [0.3, 0.4) is 0 Å². The first-order valence-corrected chi connectivity index (χ1v) is 4.99. The van der Waals surface area contributed by atoms with Crippen molar-refractivity contribution in [2.24, 2.45) is 0 Å². The Labute approximate surface area is 83.8 Å². The molecule has 1 heteroatoms. The van der Waals surface area contributed by atoms with E-state index >= 15 is 0 Å². The van der Waals surface area contributed by atoms with Crippen LogP contribution in [0.1, 0.15) is 19.4 Å². The summed E-state index contributed by atoms with van der Waals surface area (Å²) >= 11 is 0. The second-order valence-electron chi connectivity index (χ2n) is 4.46. The fourth-order valence-corrected chi connectivity index (χ4v) is 2.37. The summed E-state index contributed by atoms with van der Waals surface area (Å²) in [6.45, 7) is 4.45. The molecule has 1 nitrogen and oxygen atoms in total. The van der Waals surface area contributed by atoms with Crippen molar-refractivity contribution >= 4 is 16.5 Å². The van der Waals surface area contributed by atoms with Gasteiger partial charge in [-0.2, -0.15) is 0 Å². The number of benzene rings is 2. The lowest BCUT2D eigenvalue weighted by Crippen LogP contribution is -2.22. The highest BCUT2D eigenvalue weighted by Crippen LogP contribution is 2.41. The number of hydrogen-bond donors (Lipinski definition) is 1. The Morgan fingerprint density at radius 3 is 2.50 bits per heavy atom. The molecular weight excluding hydrogens is 170 g/mol. The van der Waals surface area contributed by atoms with E-state index in [1.807, 2.05) is 0 Å². The summed E-state index contributed by atoms with van der Waals surface area (Å²) in [6, 6.07) is 13.0. The summed E-state index contributed by atoms with van der Waals surface area (Å²) in [7, 11) is 0. The van der Waals surface area contributed by atoms with Gasteiger partial charge in [-0.05, 0) is 30.9 Å². The van der Waals surface area contributed by atoms with Gasteiger partial charge in [-0.25, -0.2) is 0 Å². The molecule has 0 atom stereocenters. The molecule has 0 fully saturated rings. The van der Waals surface area contributed by atoms with Crippen molar-refractivity contribution in [3.05, 3.63) is 42.0 Å². The Bertz CT molecular complexity index is 506. The van der Waals surface area contributed by atoms with E-state index in [9.17, 15) is 0 Å². The maximum atomic E-state index is 3.55. The Morgan fingerprint density at radius 1 is 1.00 bits per heavy atom. The summed E-state index contributed by atoms with van der Waals surface area (Å²) in [5.74, 6) is 0. The van der Waals surface area contributed by atoms with Crippen LogP contribution in [0, 0.1) is 0 Å². The van der Waals surface area contributed by atoms with Crippen LogP contribution in [0.25, 0.3) is 10.8 Å². The van der Waals surface area contributed by atoms with E-state index in [-0.39, 0.29) is 5.54 Å². The number of rotatable bonds is 0. The second kappa shape index (κ2) is 2.30. The number of nitrogens with one attached hydrogen (secondary N) is 1. The molecule has 2 aromatic rings. The zero-order valence-electron chi connectivity index (χ0n) is 8.46. The molecule has 1 N–H and O–H groups in total.